The van der Waals surface area contributed by atoms with Crippen LogP contribution in [0.25, 0.3) is 22.4 Å². The summed E-state index contributed by atoms with van der Waals surface area (Å²) in [5, 5.41) is 13.8. The number of hydrogen-bond acceptors (Lipinski definition) is 6. The number of ether oxygens (including phenoxy) is 2. The van der Waals surface area contributed by atoms with Crippen LogP contribution in [0.4, 0.5) is 5.69 Å². The van der Waals surface area contributed by atoms with Crippen LogP contribution in [0, 0.1) is 11.3 Å². The molecule has 4 rings (SSSR count). The zero-order chi connectivity index (χ0) is 25.5. The van der Waals surface area contributed by atoms with E-state index in [1.165, 1.54) is 11.8 Å². The van der Waals surface area contributed by atoms with E-state index in [0.29, 0.717) is 44.1 Å². The number of carbonyl (C=O) groups excluding carboxylic acids is 1. The number of carbonyl (C=O) groups is 1. The van der Waals surface area contributed by atoms with Gasteiger partial charge in [-0.2, -0.15) is 5.26 Å². The second kappa shape index (κ2) is 11.6. The molecule has 1 N–H and O–H groups in total. The number of methoxy groups -OCH3 is 2. The molecule has 3 aromatic carbocycles. The molecule has 0 bridgehead atoms. The number of hydrogen-bond donors (Lipinski definition) is 1. The standard InChI is InChI=1S/C28H22ClN3O3S/c1-34-25-13-12-19(14-26(25)35-2)20-15-24(18-8-4-3-5-9-18)32-28(21(20)16-30)36-17-27(33)31-23-11-7-6-10-22(23)29/h3-15H,17H2,1-2H3,(H,31,33). The number of para-hydroxylation sites is 1. The lowest BCUT2D eigenvalue weighted by molar-refractivity contribution is -0.113. The number of thioether (sulfide) groups is 1. The van der Waals surface area contributed by atoms with Crippen LogP contribution in [0.3, 0.4) is 0 Å². The largest absolute Gasteiger partial charge is 0.493 e. The maximum absolute atomic E-state index is 12.7. The van der Waals surface area contributed by atoms with E-state index in [-0.39, 0.29) is 11.7 Å². The van der Waals surface area contributed by atoms with Crippen molar-refractivity contribution in [1.82, 2.24) is 4.98 Å². The zero-order valence-corrected chi connectivity index (χ0v) is 21.2. The van der Waals surface area contributed by atoms with Gasteiger partial charge in [-0.15, -0.1) is 0 Å². The number of nitriles is 1. The average Bonchev–Trinajstić information content (AvgIpc) is 2.92. The van der Waals surface area contributed by atoms with E-state index in [1.54, 1.807) is 44.6 Å². The van der Waals surface area contributed by atoms with Crippen molar-refractivity contribution in [3.63, 3.8) is 0 Å². The molecule has 1 aromatic heterocycles. The number of benzene rings is 3. The molecule has 0 aliphatic heterocycles. The van der Waals surface area contributed by atoms with E-state index in [2.05, 4.69) is 11.4 Å². The first-order valence-electron chi connectivity index (χ1n) is 10.9. The molecule has 8 heteroatoms. The van der Waals surface area contributed by atoms with Crippen LogP contribution < -0.4 is 14.8 Å². The van der Waals surface area contributed by atoms with Crippen LogP contribution in [0.1, 0.15) is 5.56 Å². The van der Waals surface area contributed by atoms with Crippen molar-refractivity contribution in [3.05, 3.63) is 89.4 Å². The summed E-state index contributed by atoms with van der Waals surface area (Å²) in [5.74, 6) is 0.932. The molecule has 36 heavy (non-hydrogen) atoms. The van der Waals surface area contributed by atoms with E-state index in [9.17, 15) is 10.1 Å². The fraction of sp³-hybridized carbons (Fsp3) is 0.107. The Bertz CT molecular complexity index is 1440. The highest BCUT2D eigenvalue weighted by atomic mass is 35.5. The van der Waals surface area contributed by atoms with Crippen LogP contribution in [0.2, 0.25) is 5.02 Å². The Balaban J connectivity index is 1.73. The monoisotopic (exact) mass is 515 g/mol. The van der Waals surface area contributed by atoms with E-state index < -0.39 is 0 Å². The average molecular weight is 516 g/mol. The van der Waals surface area contributed by atoms with Crippen LogP contribution >= 0.6 is 23.4 Å². The van der Waals surface area contributed by atoms with Crippen molar-refractivity contribution in [2.24, 2.45) is 0 Å². The third kappa shape index (κ3) is 5.62. The molecule has 0 fully saturated rings. The predicted octanol–water partition coefficient (Wildman–Crippen LogP) is 6.69. The molecule has 0 aliphatic rings. The molecule has 4 aromatic rings. The lowest BCUT2D eigenvalue weighted by atomic mass is 9.99. The topological polar surface area (TPSA) is 84.2 Å². The maximum atomic E-state index is 12.7. The summed E-state index contributed by atoms with van der Waals surface area (Å²) in [5.41, 5.74) is 3.94. The molecule has 0 aliphatic carbocycles. The second-order valence-electron chi connectivity index (χ2n) is 7.60. The normalized spacial score (nSPS) is 10.4. The van der Waals surface area contributed by atoms with Gasteiger partial charge in [0, 0.05) is 11.1 Å². The molecule has 1 amide bonds. The van der Waals surface area contributed by atoms with Gasteiger partial charge in [-0.1, -0.05) is 71.9 Å². The van der Waals surface area contributed by atoms with E-state index >= 15 is 0 Å². The third-order valence-electron chi connectivity index (χ3n) is 5.35. The summed E-state index contributed by atoms with van der Waals surface area (Å²) < 4.78 is 10.8. The number of nitrogens with one attached hydrogen (secondary N) is 1. The Hall–Kier alpha value is -3.99. The Morgan fingerprint density at radius 1 is 0.972 bits per heavy atom. The fourth-order valence-corrected chi connectivity index (χ4v) is 4.59. The van der Waals surface area contributed by atoms with Gasteiger partial charge in [-0.3, -0.25) is 4.79 Å². The molecule has 1 heterocycles. The molecule has 0 radical (unpaired) electrons. The Kier molecular flexibility index (Phi) is 8.11. The predicted molar refractivity (Wildman–Crippen MR) is 144 cm³/mol. The first kappa shape index (κ1) is 25.1. The van der Waals surface area contributed by atoms with Gasteiger partial charge >= 0.3 is 0 Å². The van der Waals surface area contributed by atoms with Crippen molar-refractivity contribution >= 4 is 35.0 Å². The molecule has 0 spiro atoms. The minimum Gasteiger partial charge on any atom is -0.493 e. The van der Waals surface area contributed by atoms with Crippen LogP contribution in [0.5, 0.6) is 11.5 Å². The molecule has 0 saturated heterocycles. The Morgan fingerprint density at radius 3 is 2.39 bits per heavy atom. The van der Waals surface area contributed by atoms with Crippen molar-refractivity contribution < 1.29 is 14.3 Å². The minimum absolute atomic E-state index is 0.0521. The molecular weight excluding hydrogens is 494 g/mol. The molecular formula is C28H22ClN3O3S. The molecule has 6 nitrogen and oxygen atoms in total. The van der Waals surface area contributed by atoms with Crippen LogP contribution in [0.15, 0.2) is 83.9 Å². The summed E-state index contributed by atoms with van der Waals surface area (Å²) in [6.45, 7) is 0. The van der Waals surface area contributed by atoms with Gasteiger partial charge < -0.3 is 14.8 Å². The van der Waals surface area contributed by atoms with Crippen LogP contribution in [-0.2, 0) is 4.79 Å². The maximum Gasteiger partial charge on any atom is 0.234 e. The quantitative estimate of drug-likeness (QED) is 0.263. The van der Waals surface area contributed by atoms with Crippen molar-refractivity contribution in [1.29, 1.82) is 5.26 Å². The van der Waals surface area contributed by atoms with Gasteiger partial charge in [0.05, 0.1) is 41.9 Å². The smallest absolute Gasteiger partial charge is 0.234 e. The third-order valence-corrected chi connectivity index (χ3v) is 6.66. The summed E-state index contributed by atoms with van der Waals surface area (Å²) >= 11 is 7.36. The van der Waals surface area contributed by atoms with Gasteiger partial charge in [-0.25, -0.2) is 4.98 Å². The lowest BCUT2D eigenvalue weighted by Gasteiger charge is -2.14. The Morgan fingerprint density at radius 2 is 1.69 bits per heavy atom. The summed E-state index contributed by atoms with van der Waals surface area (Å²) in [6, 6.07) is 26.3. The van der Waals surface area contributed by atoms with Crippen molar-refractivity contribution in [3.8, 4) is 40.0 Å². The molecule has 0 saturated carbocycles. The van der Waals surface area contributed by atoms with E-state index in [4.69, 9.17) is 26.1 Å². The minimum atomic E-state index is -0.253. The van der Waals surface area contributed by atoms with E-state index in [1.807, 2.05) is 48.5 Å². The first-order chi connectivity index (χ1) is 17.5. The van der Waals surface area contributed by atoms with Crippen molar-refractivity contribution in [2.75, 3.05) is 25.3 Å². The van der Waals surface area contributed by atoms with Crippen molar-refractivity contribution in [2.45, 2.75) is 5.03 Å². The Labute approximate surface area is 218 Å². The van der Waals surface area contributed by atoms with Gasteiger partial charge in [0.15, 0.2) is 11.5 Å². The highest BCUT2D eigenvalue weighted by Gasteiger charge is 2.18. The fourth-order valence-electron chi connectivity index (χ4n) is 3.61. The molecule has 0 atom stereocenters. The summed E-state index contributed by atoms with van der Waals surface area (Å²) in [6.07, 6.45) is 0. The number of pyridine rings is 1. The number of amides is 1. The number of rotatable bonds is 8. The van der Waals surface area contributed by atoms with Gasteiger partial charge in [0.1, 0.15) is 11.1 Å². The summed E-state index contributed by atoms with van der Waals surface area (Å²) in [7, 11) is 3.13. The number of anilines is 1. The number of nitrogens with zero attached hydrogens (tertiary/aromatic N) is 2. The highest BCUT2D eigenvalue weighted by Crippen LogP contribution is 2.38. The zero-order valence-electron chi connectivity index (χ0n) is 19.6. The lowest BCUT2D eigenvalue weighted by Crippen LogP contribution is -2.14. The van der Waals surface area contributed by atoms with E-state index in [0.717, 1.165) is 11.1 Å². The van der Waals surface area contributed by atoms with Crippen LogP contribution in [-0.4, -0.2) is 30.9 Å². The molecule has 180 valence electrons. The first-order valence-corrected chi connectivity index (χ1v) is 12.3. The summed E-state index contributed by atoms with van der Waals surface area (Å²) in [4.78, 5) is 17.4. The highest BCUT2D eigenvalue weighted by molar-refractivity contribution is 8.00. The number of aromatic nitrogens is 1. The van der Waals surface area contributed by atoms with Gasteiger partial charge in [-0.05, 0) is 35.9 Å². The van der Waals surface area contributed by atoms with Gasteiger partial charge in [0.25, 0.3) is 0 Å². The molecule has 0 unspecified atom stereocenters. The second-order valence-corrected chi connectivity index (χ2v) is 8.97. The SMILES string of the molecule is COc1ccc(-c2cc(-c3ccccc3)nc(SCC(=O)Nc3ccccc3Cl)c2C#N)cc1OC. The van der Waals surface area contributed by atoms with Gasteiger partial charge in [0.2, 0.25) is 5.91 Å². The number of halogens is 1.